The summed E-state index contributed by atoms with van der Waals surface area (Å²) in [6.45, 7) is 12.8. The molecule has 1 aliphatic rings. The van der Waals surface area contributed by atoms with Crippen molar-refractivity contribution >= 4 is 44.9 Å². The smallest absolute Gasteiger partial charge is 0.475 e. The highest BCUT2D eigenvalue weighted by Gasteiger charge is 2.38. The van der Waals surface area contributed by atoms with Crippen LogP contribution < -0.4 is 11.1 Å². The average Bonchev–Trinajstić information content (AvgIpc) is 3.52. The van der Waals surface area contributed by atoms with E-state index in [2.05, 4.69) is 21.5 Å². The Labute approximate surface area is 302 Å². The van der Waals surface area contributed by atoms with Gasteiger partial charge in [0.15, 0.2) is 0 Å². The molecule has 0 atom stereocenters. The molecule has 16 heteroatoms. The second-order valence-corrected chi connectivity index (χ2v) is 15.4. The third-order valence-corrected chi connectivity index (χ3v) is 10.3. The number of halogens is 3. The lowest BCUT2D eigenvalue weighted by Crippen LogP contribution is -2.42. The van der Waals surface area contributed by atoms with Crippen LogP contribution in [0.5, 0.6) is 0 Å². The number of allylic oxidation sites excluding steroid dienone is 1. The highest BCUT2D eigenvalue weighted by molar-refractivity contribution is 7.89. The Kier molecular flexibility index (Phi) is 13.8. The average molecular weight is 749 g/mol. The van der Waals surface area contributed by atoms with Gasteiger partial charge in [0.25, 0.3) is 11.8 Å². The van der Waals surface area contributed by atoms with Gasteiger partial charge in [0.2, 0.25) is 10.0 Å². The van der Waals surface area contributed by atoms with Gasteiger partial charge in [0.05, 0.1) is 22.4 Å². The Hall–Kier alpha value is -4.70. The van der Waals surface area contributed by atoms with Crippen LogP contribution in [0, 0.1) is 0 Å². The zero-order valence-electron chi connectivity index (χ0n) is 30.2. The standard InChI is InChI=1S/C34H46N6O4S.C2HF3O2/c1-7-10-30(40(38-8-2)34(4,5)6)33(42)37-21-23-11-13-24(14-12-23)26-19-27-29(22-36-31(27)28(20-26)32(35)41)25-15-17-39(18-16-25)45(43,44)9-3;3-2(4,5)1(6)7/h8,10-14,19-20,22,25,36H,7,9,15-18,21H2,1-6H3,(H2,35,41)(H,37,42);(H,6,7)/b30-10-,38-8+;. The molecule has 2 heterocycles. The molecule has 0 saturated carbocycles. The molecular formula is C36H47F3N6O6S. The first-order valence-corrected chi connectivity index (χ1v) is 18.4. The number of sulfonamides is 1. The summed E-state index contributed by atoms with van der Waals surface area (Å²) in [6.07, 6.45) is 2.51. The van der Waals surface area contributed by atoms with Crippen molar-refractivity contribution in [3.05, 3.63) is 71.1 Å². The number of hydrogen-bond acceptors (Lipinski definition) is 7. The molecule has 0 spiro atoms. The van der Waals surface area contributed by atoms with Crippen molar-refractivity contribution in [3.63, 3.8) is 0 Å². The van der Waals surface area contributed by atoms with Crippen LogP contribution in [0.3, 0.4) is 0 Å². The van der Waals surface area contributed by atoms with E-state index < -0.39 is 28.1 Å². The van der Waals surface area contributed by atoms with E-state index in [9.17, 15) is 31.2 Å². The Morgan fingerprint density at radius 3 is 2.15 bits per heavy atom. The molecule has 52 heavy (non-hydrogen) atoms. The second-order valence-electron chi connectivity index (χ2n) is 13.2. The zero-order valence-corrected chi connectivity index (χ0v) is 31.0. The Balaban J connectivity index is 0.000000944. The largest absolute Gasteiger partial charge is 0.490 e. The van der Waals surface area contributed by atoms with Gasteiger partial charge in [-0.2, -0.15) is 18.3 Å². The number of aromatic amines is 1. The van der Waals surface area contributed by atoms with Gasteiger partial charge in [-0.05, 0) is 94.2 Å². The van der Waals surface area contributed by atoms with E-state index in [1.165, 1.54) is 0 Å². The fourth-order valence-electron chi connectivity index (χ4n) is 5.85. The number of amides is 2. The number of nitrogens with two attached hydrogens (primary N) is 1. The van der Waals surface area contributed by atoms with Crippen LogP contribution in [0.25, 0.3) is 22.0 Å². The van der Waals surface area contributed by atoms with Crippen LogP contribution in [0.1, 0.15) is 88.2 Å². The van der Waals surface area contributed by atoms with E-state index in [0.717, 1.165) is 27.6 Å². The maximum absolute atomic E-state index is 13.2. The molecule has 4 rings (SSSR count). The highest BCUT2D eigenvalue weighted by Crippen LogP contribution is 2.37. The van der Waals surface area contributed by atoms with Crippen molar-refractivity contribution in [2.24, 2.45) is 10.8 Å². The number of hydrogen-bond donors (Lipinski definition) is 4. The number of piperidine rings is 1. The SMILES string of the molecule is C/C=N/N(/C(=C\CC)C(=O)NCc1ccc(-c2cc(C(N)=O)c3[nH]cc(C4CCN(S(=O)(=O)CC)CC4)c3c2)cc1)C(C)(C)C.O=C(O)C(F)(F)F. The van der Waals surface area contributed by atoms with Gasteiger partial charge < -0.3 is 21.1 Å². The Morgan fingerprint density at radius 2 is 1.67 bits per heavy atom. The maximum atomic E-state index is 13.2. The first-order chi connectivity index (χ1) is 24.2. The molecule has 0 unspecified atom stereocenters. The van der Waals surface area contributed by atoms with Crippen LogP contribution >= 0.6 is 0 Å². The number of carbonyl (C=O) groups excluding carboxylic acids is 2. The number of carboxylic acids is 1. The molecule has 12 nitrogen and oxygen atoms in total. The van der Waals surface area contributed by atoms with E-state index in [1.807, 2.05) is 71.2 Å². The minimum atomic E-state index is -5.08. The predicted molar refractivity (Wildman–Crippen MR) is 195 cm³/mol. The van der Waals surface area contributed by atoms with E-state index >= 15 is 0 Å². The number of H-pyrrole nitrogens is 1. The highest BCUT2D eigenvalue weighted by atomic mass is 32.2. The quantitative estimate of drug-likeness (QED) is 0.104. The van der Waals surface area contributed by atoms with E-state index in [0.29, 0.717) is 55.7 Å². The first kappa shape index (κ1) is 41.7. The normalized spacial score (nSPS) is 15.0. The van der Waals surface area contributed by atoms with E-state index in [1.54, 1.807) is 28.5 Å². The number of hydrazone groups is 1. The number of benzene rings is 2. The fourth-order valence-corrected chi connectivity index (χ4v) is 6.98. The molecule has 0 bridgehead atoms. The van der Waals surface area contributed by atoms with Gasteiger partial charge in [0.1, 0.15) is 5.70 Å². The zero-order chi connectivity index (χ0) is 39.0. The molecule has 1 saturated heterocycles. The fraction of sp³-hybridized carbons (Fsp3) is 0.444. The number of fused-ring (bicyclic) bond motifs is 1. The van der Waals surface area contributed by atoms with Crippen molar-refractivity contribution < 1.29 is 41.1 Å². The Bertz CT molecular complexity index is 1910. The van der Waals surface area contributed by atoms with Gasteiger partial charge in [-0.3, -0.25) is 14.6 Å². The molecule has 2 amide bonds. The summed E-state index contributed by atoms with van der Waals surface area (Å²) < 4.78 is 58.0. The van der Waals surface area contributed by atoms with Crippen molar-refractivity contribution in [2.45, 2.75) is 85.0 Å². The summed E-state index contributed by atoms with van der Waals surface area (Å²) >= 11 is 0. The lowest BCUT2D eigenvalue weighted by Gasteiger charge is -2.34. The van der Waals surface area contributed by atoms with Gasteiger partial charge in [-0.25, -0.2) is 17.5 Å². The minimum absolute atomic E-state index is 0.0992. The number of nitrogens with one attached hydrogen (secondary N) is 2. The molecular weight excluding hydrogens is 701 g/mol. The van der Waals surface area contributed by atoms with E-state index in [-0.39, 0.29) is 23.1 Å². The summed E-state index contributed by atoms with van der Waals surface area (Å²) in [4.78, 5) is 37.9. The number of carbonyl (C=O) groups is 3. The van der Waals surface area contributed by atoms with Crippen molar-refractivity contribution in [1.82, 2.24) is 19.6 Å². The lowest BCUT2D eigenvalue weighted by molar-refractivity contribution is -0.192. The molecule has 0 radical (unpaired) electrons. The molecule has 284 valence electrons. The summed E-state index contributed by atoms with van der Waals surface area (Å²) in [7, 11) is -3.22. The van der Waals surface area contributed by atoms with Gasteiger partial charge in [-0.15, -0.1) is 0 Å². The van der Waals surface area contributed by atoms with Gasteiger partial charge in [0, 0.05) is 37.4 Å². The number of alkyl halides is 3. The van der Waals surface area contributed by atoms with Gasteiger partial charge >= 0.3 is 12.1 Å². The monoisotopic (exact) mass is 748 g/mol. The topological polar surface area (TPSA) is 178 Å². The summed E-state index contributed by atoms with van der Waals surface area (Å²) in [5.74, 6) is -3.22. The van der Waals surface area contributed by atoms with Crippen LogP contribution in [0.4, 0.5) is 13.2 Å². The summed E-state index contributed by atoms with van der Waals surface area (Å²) in [5, 5.41) is 17.3. The number of carboxylic acid groups (broad SMARTS) is 1. The van der Waals surface area contributed by atoms with Crippen LogP contribution in [0.15, 0.2) is 59.5 Å². The third kappa shape index (κ3) is 10.4. The molecule has 1 aliphatic heterocycles. The number of aromatic nitrogens is 1. The minimum Gasteiger partial charge on any atom is -0.475 e. The summed E-state index contributed by atoms with van der Waals surface area (Å²) in [5.41, 5.74) is 10.8. The van der Waals surface area contributed by atoms with Crippen molar-refractivity contribution in [3.8, 4) is 11.1 Å². The van der Waals surface area contributed by atoms with Crippen LogP contribution in [-0.4, -0.2) is 82.4 Å². The number of aliphatic carboxylic acids is 1. The van der Waals surface area contributed by atoms with Crippen LogP contribution in [-0.2, 0) is 26.2 Å². The predicted octanol–water partition coefficient (Wildman–Crippen LogP) is 6.11. The molecule has 3 aromatic rings. The number of primary amides is 1. The first-order valence-electron chi connectivity index (χ1n) is 16.8. The van der Waals surface area contributed by atoms with Gasteiger partial charge in [-0.1, -0.05) is 37.3 Å². The van der Waals surface area contributed by atoms with Crippen LogP contribution in [0.2, 0.25) is 0 Å². The molecule has 0 aliphatic carbocycles. The molecule has 5 N–H and O–H groups in total. The third-order valence-electron chi connectivity index (χ3n) is 8.45. The summed E-state index contributed by atoms with van der Waals surface area (Å²) in [6, 6.07) is 11.7. The van der Waals surface area contributed by atoms with E-state index in [4.69, 9.17) is 15.6 Å². The van der Waals surface area contributed by atoms with Crippen molar-refractivity contribution in [1.29, 1.82) is 0 Å². The second kappa shape index (κ2) is 17.2. The molecule has 1 aromatic heterocycles. The maximum Gasteiger partial charge on any atom is 0.490 e. The number of nitrogens with zero attached hydrogens (tertiary/aromatic N) is 3. The van der Waals surface area contributed by atoms with Crippen molar-refractivity contribution in [2.75, 3.05) is 18.8 Å². The lowest BCUT2D eigenvalue weighted by atomic mass is 9.88. The number of rotatable bonds is 11. The molecule has 1 fully saturated rings. The Morgan fingerprint density at radius 1 is 1.08 bits per heavy atom. The molecule has 2 aromatic carbocycles.